The molecule has 86 valence electrons. The van der Waals surface area contributed by atoms with Crippen molar-refractivity contribution in [2.75, 3.05) is 0 Å². The van der Waals surface area contributed by atoms with Crippen LogP contribution < -0.4 is 11.1 Å². The number of amides is 1. The van der Waals surface area contributed by atoms with E-state index in [9.17, 15) is 4.79 Å². The number of carbonyl (C=O) groups is 1. The van der Waals surface area contributed by atoms with Crippen molar-refractivity contribution in [3.63, 3.8) is 0 Å². The summed E-state index contributed by atoms with van der Waals surface area (Å²) in [6, 6.07) is 6.23. The van der Waals surface area contributed by atoms with Crippen molar-refractivity contribution in [2.45, 2.75) is 38.8 Å². The Morgan fingerprint density at radius 3 is 2.62 bits per heavy atom. The zero-order valence-corrected chi connectivity index (χ0v) is 9.79. The molecule has 0 bridgehead atoms. The molecule has 0 radical (unpaired) electrons. The topological polar surface area (TPSA) is 55.1 Å². The van der Waals surface area contributed by atoms with E-state index in [-0.39, 0.29) is 11.9 Å². The maximum atomic E-state index is 11.5. The van der Waals surface area contributed by atoms with E-state index in [4.69, 9.17) is 5.73 Å². The van der Waals surface area contributed by atoms with Crippen molar-refractivity contribution >= 4 is 5.91 Å². The van der Waals surface area contributed by atoms with Crippen molar-refractivity contribution in [3.8, 4) is 0 Å². The number of nitrogens with one attached hydrogen (secondary N) is 1. The van der Waals surface area contributed by atoms with Gasteiger partial charge in [0, 0.05) is 6.04 Å². The van der Waals surface area contributed by atoms with Gasteiger partial charge in [0.2, 0.25) is 5.91 Å². The second kappa shape index (κ2) is 4.26. The standard InChI is InChI=1S/C13H18N2O/c1-8-3-6-11(9(2)7-8)12(13(14)16)15-10-4-5-10/h3,6-7,10,12,15H,4-5H2,1-2H3,(H2,14,16). The molecule has 1 aromatic rings. The molecule has 1 aliphatic rings. The van der Waals surface area contributed by atoms with Crippen LogP contribution >= 0.6 is 0 Å². The molecule has 0 saturated heterocycles. The zero-order chi connectivity index (χ0) is 11.7. The Hall–Kier alpha value is -1.35. The number of primary amides is 1. The zero-order valence-electron chi connectivity index (χ0n) is 9.79. The monoisotopic (exact) mass is 218 g/mol. The summed E-state index contributed by atoms with van der Waals surface area (Å²) in [6.07, 6.45) is 2.30. The van der Waals surface area contributed by atoms with Gasteiger partial charge in [0.1, 0.15) is 6.04 Å². The fourth-order valence-electron chi connectivity index (χ4n) is 1.96. The third-order valence-electron chi connectivity index (χ3n) is 3.00. The molecule has 2 rings (SSSR count). The van der Waals surface area contributed by atoms with Gasteiger partial charge >= 0.3 is 0 Å². The Balaban J connectivity index is 2.26. The smallest absolute Gasteiger partial charge is 0.239 e. The molecular formula is C13H18N2O. The van der Waals surface area contributed by atoms with Crippen LogP contribution in [0.4, 0.5) is 0 Å². The molecule has 1 amide bonds. The maximum Gasteiger partial charge on any atom is 0.239 e. The summed E-state index contributed by atoms with van der Waals surface area (Å²) in [6.45, 7) is 4.07. The van der Waals surface area contributed by atoms with Gasteiger partial charge in [0.25, 0.3) is 0 Å². The third-order valence-corrected chi connectivity index (χ3v) is 3.00. The average Bonchev–Trinajstić information content (AvgIpc) is 2.98. The number of benzene rings is 1. The maximum absolute atomic E-state index is 11.5. The van der Waals surface area contributed by atoms with Gasteiger partial charge in [-0.2, -0.15) is 0 Å². The molecule has 16 heavy (non-hydrogen) atoms. The van der Waals surface area contributed by atoms with Gasteiger partial charge < -0.3 is 5.73 Å². The van der Waals surface area contributed by atoms with Crippen LogP contribution in [0.15, 0.2) is 18.2 Å². The minimum Gasteiger partial charge on any atom is -0.368 e. The quantitative estimate of drug-likeness (QED) is 0.806. The molecule has 1 aliphatic carbocycles. The number of hydrogen-bond donors (Lipinski definition) is 2. The van der Waals surface area contributed by atoms with Crippen LogP contribution in [0.3, 0.4) is 0 Å². The molecule has 3 nitrogen and oxygen atoms in total. The fourth-order valence-corrected chi connectivity index (χ4v) is 1.96. The number of nitrogens with two attached hydrogens (primary N) is 1. The van der Waals surface area contributed by atoms with Crippen LogP contribution in [-0.4, -0.2) is 11.9 Å². The fraction of sp³-hybridized carbons (Fsp3) is 0.462. The molecule has 1 saturated carbocycles. The van der Waals surface area contributed by atoms with Crippen molar-refractivity contribution in [3.05, 3.63) is 34.9 Å². The van der Waals surface area contributed by atoms with Crippen LogP contribution in [-0.2, 0) is 4.79 Å². The largest absolute Gasteiger partial charge is 0.368 e. The lowest BCUT2D eigenvalue weighted by atomic mass is 9.98. The van der Waals surface area contributed by atoms with E-state index in [0.717, 1.165) is 24.0 Å². The van der Waals surface area contributed by atoms with Crippen molar-refractivity contribution in [1.29, 1.82) is 0 Å². The van der Waals surface area contributed by atoms with E-state index in [1.807, 2.05) is 26.0 Å². The highest BCUT2D eigenvalue weighted by molar-refractivity contribution is 5.82. The highest BCUT2D eigenvalue weighted by Crippen LogP contribution is 2.26. The lowest BCUT2D eigenvalue weighted by Crippen LogP contribution is -2.35. The Morgan fingerprint density at radius 1 is 1.44 bits per heavy atom. The number of aryl methyl sites for hydroxylation is 2. The molecule has 1 fully saturated rings. The highest BCUT2D eigenvalue weighted by atomic mass is 16.1. The number of hydrogen-bond acceptors (Lipinski definition) is 2. The summed E-state index contributed by atoms with van der Waals surface area (Å²) in [7, 11) is 0. The molecule has 3 N–H and O–H groups in total. The Labute approximate surface area is 96.0 Å². The molecule has 1 aromatic carbocycles. The van der Waals surface area contributed by atoms with Crippen LogP contribution in [0.25, 0.3) is 0 Å². The van der Waals surface area contributed by atoms with Gasteiger partial charge in [-0.3, -0.25) is 10.1 Å². The Morgan fingerprint density at radius 2 is 2.12 bits per heavy atom. The predicted molar refractivity (Wildman–Crippen MR) is 64.0 cm³/mol. The van der Waals surface area contributed by atoms with E-state index >= 15 is 0 Å². The van der Waals surface area contributed by atoms with Crippen molar-refractivity contribution in [1.82, 2.24) is 5.32 Å². The lowest BCUT2D eigenvalue weighted by molar-refractivity contribution is -0.120. The first-order chi connectivity index (χ1) is 7.58. The van der Waals surface area contributed by atoms with Crippen LogP contribution in [0.5, 0.6) is 0 Å². The first kappa shape index (κ1) is 11.1. The molecule has 3 heteroatoms. The van der Waals surface area contributed by atoms with E-state index in [0.29, 0.717) is 6.04 Å². The minimum atomic E-state index is -0.340. The summed E-state index contributed by atoms with van der Waals surface area (Å²) < 4.78 is 0. The van der Waals surface area contributed by atoms with Crippen molar-refractivity contribution < 1.29 is 4.79 Å². The number of carbonyl (C=O) groups excluding carboxylic acids is 1. The Kier molecular flexibility index (Phi) is 2.97. The normalized spacial score (nSPS) is 17.1. The second-order valence-corrected chi connectivity index (χ2v) is 4.64. The predicted octanol–water partition coefficient (Wildman–Crippen LogP) is 1.58. The summed E-state index contributed by atoms with van der Waals surface area (Å²) in [4.78, 5) is 11.5. The molecule has 0 heterocycles. The van der Waals surface area contributed by atoms with Crippen molar-refractivity contribution in [2.24, 2.45) is 5.73 Å². The molecule has 0 spiro atoms. The average molecular weight is 218 g/mol. The van der Waals surface area contributed by atoms with Crippen LogP contribution in [0.1, 0.15) is 35.6 Å². The molecule has 0 aromatic heterocycles. The lowest BCUT2D eigenvalue weighted by Gasteiger charge is -2.18. The van der Waals surface area contributed by atoms with Crippen LogP contribution in [0, 0.1) is 13.8 Å². The SMILES string of the molecule is Cc1ccc(C(NC2CC2)C(N)=O)c(C)c1. The van der Waals surface area contributed by atoms with Gasteiger partial charge in [-0.25, -0.2) is 0 Å². The van der Waals surface area contributed by atoms with Crippen LogP contribution in [0.2, 0.25) is 0 Å². The highest BCUT2D eigenvalue weighted by Gasteiger charge is 2.28. The summed E-state index contributed by atoms with van der Waals surface area (Å²) in [5.74, 6) is -0.293. The minimum absolute atomic E-state index is 0.293. The first-order valence-corrected chi connectivity index (χ1v) is 5.70. The number of rotatable bonds is 4. The van der Waals surface area contributed by atoms with E-state index in [2.05, 4.69) is 11.4 Å². The van der Waals surface area contributed by atoms with Gasteiger partial charge in [-0.05, 0) is 37.8 Å². The molecule has 1 unspecified atom stereocenters. The van der Waals surface area contributed by atoms with Gasteiger partial charge in [0.05, 0.1) is 0 Å². The summed E-state index contributed by atoms with van der Waals surface area (Å²) >= 11 is 0. The molecular weight excluding hydrogens is 200 g/mol. The first-order valence-electron chi connectivity index (χ1n) is 5.70. The second-order valence-electron chi connectivity index (χ2n) is 4.64. The van der Waals surface area contributed by atoms with E-state index < -0.39 is 0 Å². The third kappa shape index (κ3) is 2.42. The summed E-state index contributed by atoms with van der Waals surface area (Å²) in [5.41, 5.74) is 8.78. The molecule has 0 aliphatic heterocycles. The summed E-state index contributed by atoms with van der Waals surface area (Å²) in [5, 5.41) is 3.29. The Bertz CT molecular complexity index is 410. The van der Waals surface area contributed by atoms with E-state index in [1.165, 1.54) is 5.56 Å². The van der Waals surface area contributed by atoms with E-state index in [1.54, 1.807) is 0 Å². The van der Waals surface area contributed by atoms with Gasteiger partial charge in [-0.1, -0.05) is 23.8 Å². The van der Waals surface area contributed by atoms with Gasteiger partial charge in [0.15, 0.2) is 0 Å². The van der Waals surface area contributed by atoms with Gasteiger partial charge in [-0.15, -0.1) is 0 Å². The molecule has 1 atom stereocenters.